The van der Waals surface area contributed by atoms with E-state index < -0.39 is 0 Å². The molecule has 5 unspecified atom stereocenters. The Balaban J connectivity index is 1.59. The quantitative estimate of drug-likeness (QED) is 0.884. The number of aliphatic hydroxyl groups is 1. The number of carbonyl (C=O) groups is 1. The summed E-state index contributed by atoms with van der Waals surface area (Å²) in [6.45, 7) is 0. The Labute approximate surface area is 150 Å². The van der Waals surface area contributed by atoms with E-state index in [4.69, 9.17) is 5.73 Å². The highest BCUT2D eigenvalue weighted by Crippen LogP contribution is 2.61. The first-order valence-electron chi connectivity index (χ1n) is 10.2. The molecule has 0 aliphatic heterocycles. The van der Waals surface area contributed by atoms with Gasteiger partial charge < -0.3 is 10.8 Å². The lowest BCUT2D eigenvalue weighted by Crippen LogP contribution is -2.54. The maximum absolute atomic E-state index is 11.7. The zero-order valence-corrected chi connectivity index (χ0v) is 14.9. The molecule has 0 radical (unpaired) electrons. The van der Waals surface area contributed by atoms with Crippen molar-refractivity contribution in [2.45, 2.75) is 69.3 Å². The summed E-state index contributed by atoms with van der Waals surface area (Å²) in [5.41, 5.74) is 9.04. The molecule has 3 N–H and O–H groups in total. The molecule has 1 aromatic rings. The molecule has 3 fully saturated rings. The molecule has 3 saturated carbocycles. The first-order chi connectivity index (χ1) is 12.1. The van der Waals surface area contributed by atoms with Crippen molar-refractivity contribution in [3.05, 3.63) is 34.9 Å². The second-order valence-corrected chi connectivity index (χ2v) is 9.28. The fourth-order valence-corrected chi connectivity index (χ4v) is 6.67. The Bertz CT molecular complexity index is 710. The lowest BCUT2D eigenvalue weighted by Gasteiger charge is -2.59. The standard InChI is InChI=1S/C22H29NO2/c23-21(25)16-4-3-15-10-18-14(9-13-1-2-13)7-8-22(20(15)11-16)12-17(24)5-6-19(18)22/h3-4,11,13-14,17-19,24H,1-2,5-10,12H2,(H2,23,25). The van der Waals surface area contributed by atoms with E-state index in [2.05, 4.69) is 12.1 Å². The fraction of sp³-hybridized carbons (Fsp3) is 0.682. The Morgan fingerprint density at radius 1 is 1.20 bits per heavy atom. The number of hydrogen-bond acceptors (Lipinski definition) is 2. The van der Waals surface area contributed by atoms with Crippen LogP contribution in [0.15, 0.2) is 18.2 Å². The van der Waals surface area contributed by atoms with Gasteiger partial charge in [0.1, 0.15) is 0 Å². The maximum atomic E-state index is 11.7. The van der Waals surface area contributed by atoms with Crippen molar-refractivity contribution in [2.24, 2.45) is 29.4 Å². The molecule has 3 nitrogen and oxygen atoms in total. The van der Waals surface area contributed by atoms with Gasteiger partial charge in [-0.25, -0.2) is 0 Å². The van der Waals surface area contributed by atoms with Crippen LogP contribution in [-0.2, 0) is 11.8 Å². The molecule has 1 amide bonds. The third-order valence-electron chi connectivity index (χ3n) is 7.92. The zero-order chi connectivity index (χ0) is 17.2. The molecule has 134 valence electrons. The van der Waals surface area contributed by atoms with Gasteiger partial charge in [-0.2, -0.15) is 0 Å². The van der Waals surface area contributed by atoms with Gasteiger partial charge in [-0.3, -0.25) is 4.79 Å². The van der Waals surface area contributed by atoms with E-state index in [1.165, 1.54) is 43.2 Å². The Kier molecular flexibility index (Phi) is 3.54. The summed E-state index contributed by atoms with van der Waals surface area (Å²) in [5, 5.41) is 10.5. The fourth-order valence-electron chi connectivity index (χ4n) is 6.67. The number of primary amides is 1. The van der Waals surface area contributed by atoms with Crippen LogP contribution in [0.4, 0.5) is 0 Å². The number of benzene rings is 1. The summed E-state index contributed by atoms with van der Waals surface area (Å²) in [6, 6.07) is 6.13. The van der Waals surface area contributed by atoms with E-state index in [9.17, 15) is 9.90 Å². The third-order valence-corrected chi connectivity index (χ3v) is 7.92. The number of aliphatic hydroxyl groups excluding tert-OH is 1. The van der Waals surface area contributed by atoms with Gasteiger partial charge in [0.25, 0.3) is 0 Å². The van der Waals surface area contributed by atoms with Crippen LogP contribution in [0.3, 0.4) is 0 Å². The molecule has 4 aliphatic rings. The molecule has 1 aromatic carbocycles. The molecule has 0 saturated heterocycles. The van der Waals surface area contributed by atoms with E-state index in [0.717, 1.165) is 43.4 Å². The minimum atomic E-state index is -0.336. The summed E-state index contributed by atoms with van der Waals surface area (Å²) in [4.78, 5) is 11.7. The van der Waals surface area contributed by atoms with Gasteiger partial charge in [-0.15, -0.1) is 0 Å². The van der Waals surface area contributed by atoms with Crippen LogP contribution in [0.25, 0.3) is 0 Å². The van der Waals surface area contributed by atoms with E-state index in [-0.39, 0.29) is 17.4 Å². The summed E-state index contributed by atoms with van der Waals surface area (Å²) < 4.78 is 0. The zero-order valence-electron chi connectivity index (χ0n) is 14.9. The van der Waals surface area contributed by atoms with Crippen molar-refractivity contribution in [1.82, 2.24) is 0 Å². The molecule has 2 bridgehead atoms. The van der Waals surface area contributed by atoms with E-state index in [1.807, 2.05) is 6.07 Å². The number of nitrogens with two attached hydrogens (primary N) is 1. The van der Waals surface area contributed by atoms with Crippen LogP contribution < -0.4 is 5.73 Å². The van der Waals surface area contributed by atoms with Gasteiger partial charge in [-0.05, 0) is 91.9 Å². The van der Waals surface area contributed by atoms with Crippen molar-refractivity contribution in [3.63, 3.8) is 0 Å². The van der Waals surface area contributed by atoms with Crippen LogP contribution in [-0.4, -0.2) is 17.1 Å². The highest BCUT2D eigenvalue weighted by molar-refractivity contribution is 5.93. The molecular weight excluding hydrogens is 310 g/mol. The molecule has 0 heterocycles. The highest BCUT2D eigenvalue weighted by atomic mass is 16.3. The number of hydrogen-bond donors (Lipinski definition) is 2. The van der Waals surface area contributed by atoms with Crippen molar-refractivity contribution in [3.8, 4) is 0 Å². The summed E-state index contributed by atoms with van der Waals surface area (Å²) in [5.74, 6) is 2.98. The predicted molar refractivity (Wildman–Crippen MR) is 97.2 cm³/mol. The number of rotatable bonds is 3. The van der Waals surface area contributed by atoms with Gasteiger partial charge in [0.2, 0.25) is 5.91 Å². The van der Waals surface area contributed by atoms with E-state index in [0.29, 0.717) is 11.5 Å². The number of amides is 1. The Morgan fingerprint density at radius 3 is 2.80 bits per heavy atom. The van der Waals surface area contributed by atoms with Crippen LogP contribution in [0.2, 0.25) is 0 Å². The lowest BCUT2D eigenvalue weighted by atomic mass is 9.46. The molecule has 3 heteroatoms. The van der Waals surface area contributed by atoms with Gasteiger partial charge >= 0.3 is 0 Å². The van der Waals surface area contributed by atoms with Crippen LogP contribution in [0.1, 0.15) is 72.9 Å². The van der Waals surface area contributed by atoms with Gasteiger partial charge in [0.15, 0.2) is 0 Å². The Hall–Kier alpha value is -1.35. The minimum absolute atomic E-state index is 0.0847. The van der Waals surface area contributed by atoms with Gasteiger partial charge in [0, 0.05) is 11.0 Å². The third kappa shape index (κ3) is 2.46. The summed E-state index contributed by atoms with van der Waals surface area (Å²) in [7, 11) is 0. The molecule has 0 spiro atoms. The maximum Gasteiger partial charge on any atom is 0.248 e. The second-order valence-electron chi connectivity index (χ2n) is 9.28. The number of fused-ring (bicyclic) bond motifs is 1. The molecule has 5 atom stereocenters. The van der Waals surface area contributed by atoms with Crippen LogP contribution in [0.5, 0.6) is 0 Å². The molecular formula is C22H29NO2. The normalized spacial score (nSPS) is 39.4. The SMILES string of the molecule is NC(=O)c1ccc2c(c1)C13CCC(CC4CC4)C(C2)C1CCC(O)C3. The lowest BCUT2D eigenvalue weighted by molar-refractivity contribution is -0.0388. The average Bonchev–Trinajstić information content (AvgIpc) is 3.40. The Morgan fingerprint density at radius 2 is 2.04 bits per heavy atom. The average molecular weight is 339 g/mol. The van der Waals surface area contributed by atoms with E-state index >= 15 is 0 Å². The van der Waals surface area contributed by atoms with Gasteiger partial charge in [0.05, 0.1) is 6.10 Å². The van der Waals surface area contributed by atoms with Crippen LogP contribution >= 0.6 is 0 Å². The monoisotopic (exact) mass is 339 g/mol. The molecule has 25 heavy (non-hydrogen) atoms. The first kappa shape index (κ1) is 15.9. The second kappa shape index (κ2) is 5.57. The van der Waals surface area contributed by atoms with Crippen molar-refractivity contribution >= 4 is 5.91 Å². The van der Waals surface area contributed by atoms with Gasteiger partial charge in [-0.1, -0.05) is 18.9 Å². The predicted octanol–water partition coefficient (Wildman–Crippen LogP) is 3.57. The minimum Gasteiger partial charge on any atom is -0.393 e. The largest absolute Gasteiger partial charge is 0.393 e. The summed E-state index contributed by atoms with van der Waals surface area (Å²) >= 11 is 0. The van der Waals surface area contributed by atoms with E-state index in [1.54, 1.807) is 0 Å². The topological polar surface area (TPSA) is 63.3 Å². The van der Waals surface area contributed by atoms with Crippen LogP contribution in [0, 0.1) is 23.7 Å². The van der Waals surface area contributed by atoms with Crippen molar-refractivity contribution in [2.75, 3.05) is 0 Å². The van der Waals surface area contributed by atoms with Crippen molar-refractivity contribution < 1.29 is 9.90 Å². The molecule has 5 rings (SSSR count). The smallest absolute Gasteiger partial charge is 0.248 e. The first-order valence-corrected chi connectivity index (χ1v) is 10.2. The molecule has 0 aromatic heterocycles. The van der Waals surface area contributed by atoms with Crippen molar-refractivity contribution in [1.29, 1.82) is 0 Å². The number of carbonyl (C=O) groups excluding carboxylic acids is 1. The summed E-state index contributed by atoms with van der Waals surface area (Å²) in [6.07, 6.45) is 10.7. The highest BCUT2D eigenvalue weighted by Gasteiger charge is 2.56. The molecule has 4 aliphatic carbocycles.